The summed E-state index contributed by atoms with van der Waals surface area (Å²) in [7, 11) is 0. The van der Waals surface area contributed by atoms with Gasteiger partial charge in [0.1, 0.15) is 4.83 Å². The lowest BCUT2D eigenvalue weighted by Gasteiger charge is -2.04. The van der Waals surface area contributed by atoms with Gasteiger partial charge in [0.25, 0.3) is 0 Å². The van der Waals surface area contributed by atoms with Crippen molar-refractivity contribution in [2.75, 3.05) is 0 Å². The van der Waals surface area contributed by atoms with Gasteiger partial charge in [0, 0.05) is 0 Å². The van der Waals surface area contributed by atoms with Crippen LogP contribution in [-0.4, -0.2) is 11.1 Å². The topological polar surface area (TPSA) is 37.3 Å². The first-order valence-corrected chi connectivity index (χ1v) is 4.46. The second kappa shape index (κ2) is 3.72. The maximum atomic E-state index is 10.5. The maximum Gasteiger partial charge on any atom is 0.321 e. The molecule has 0 aliphatic rings. The fourth-order valence-electron chi connectivity index (χ4n) is 0.878. The average Bonchev–Trinajstić information content (AvgIpc) is 2.04. The van der Waals surface area contributed by atoms with E-state index < -0.39 is 10.8 Å². The van der Waals surface area contributed by atoms with Crippen LogP contribution in [-0.2, 0) is 4.79 Å². The number of hydrogen-bond acceptors (Lipinski definition) is 1. The molecule has 0 fully saturated rings. The lowest BCUT2D eigenvalue weighted by molar-refractivity contribution is -0.136. The summed E-state index contributed by atoms with van der Waals surface area (Å²) in [5.74, 6) is -0.862. The van der Waals surface area contributed by atoms with Crippen LogP contribution in [0.1, 0.15) is 16.0 Å². The van der Waals surface area contributed by atoms with Gasteiger partial charge in [-0.05, 0) is 12.5 Å². The van der Waals surface area contributed by atoms with E-state index in [2.05, 4.69) is 15.9 Å². The summed E-state index contributed by atoms with van der Waals surface area (Å²) in [6, 6.07) is 7.41. The van der Waals surface area contributed by atoms with Gasteiger partial charge in [-0.2, -0.15) is 0 Å². The van der Waals surface area contributed by atoms with Crippen molar-refractivity contribution < 1.29 is 9.90 Å². The third-order valence-corrected chi connectivity index (χ3v) is 2.51. The summed E-state index contributed by atoms with van der Waals surface area (Å²) >= 11 is 3.08. The highest BCUT2D eigenvalue weighted by molar-refractivity contribution is 9.09. The fraction of sp³-hybridized carbons (Fsp3) is 0.222. The second-order valence-corrected chi connectivity index (χ2v) is 3.53. The molecular weight excluding hydrogens is 220 g/mol. The third-order valence-electron chi connectivity index (χ3n) is 1.59. The van der Waals surface area contributed by atoms with Crippen LogP contribution >= 0.6 is 15.9 Å². The number of hydrogen-bond donors (Lipinski definition) is 1. The van der Waals surface area contributed by atoms with E-state index in [0.29, 0.717) is 0 Å². The van der Waals surface area contributed by atoms with E-state index in [9.17, 15) is 4.79 Å². The SMILES string of the molecule is Cc1ccc([C@H](Br)C(=O)O)cc1. The summed E-state index contributed by atoms with van der Waals surface area (Å²) in [4.78, 5) is 9.94. The Bertz CT molecular complexity index is 279. The zero-order valence-electron chi connectivity index (χ0n) is 6.62. The molecule has 1 atom stereocenters. The van der Waals surface area contributed by atoms with Crippen LogP contribution in [0.2, 0.25) is 0 Å². The summed E-state index contributed by atoms with van der Waals surface area (Å²) < 4.78 is 0. The van der Waals surface area contributed by atoms with Crippen LogP contribution in [0.15, 0.2) is 24.3 Å². The number of halogens is 1. The van der Waals surface area contributed by atoms with Crippen LogP contribution < -0.4 is 0 Å². The highest BCUT2D eigenvalue weighted by atomic mass is 79.9. The van der Waals surface area contributed by atoms with E-state index in [1.54, 1.807) is 0 Å². The minimum Gasteiger partial charge on any atom is -0.480 e. The molecular formula is C9H9BrO2. The molecule has 0 heterocycles. The summed E-state index contributed by atoms with van der Waals surface area (Å²) in [6.45, 7) is 1.97. The molecule has 0 saturated carbocycles. The molecule has 0 bridgehead atoms. The normalized spacial score (nSPS) is 12.5. The van der Waals surface area contributed by atoms with Gasteiger partial charge in [0.15, 0.2) is 0 Å². The Balaban J connectivity index is 2.89. The monoisotopic (exact) mass is 228 g/mol. The van der Waals surface area contributed by atoms with E-state index in [4.69, 9.17) is 5.11 Å². The lowest BCUT2D eigenvalue weighted by atomic mass is 10.1. The van der Waals surface area contributed by atoms with Gasteiger partial charge in [-0.3, -0.25) is 4.79 Å². The number of carboxylic acid groups (broad SMARTS) is 1. The molecule has 0 aliphatic heterocycles. The maximum absolute atomic E-state index is 10.5. The molecule has 1 aromatic carbocycles. The van der Waals surface area contributed by atoms with Gasteiger partial charge in [-0.1, -0.05) is 45.8 Å². The average molecular weight is 229 g/mol. The minimum atomic E-state index is -0.862. The Morgan fingerprint density at radius 2 is 1.92 bits per heavy atom. The zero-order valence-corrected chi connectivity index (χ0v) is 8.21. The molecule has 3 heteroatoms. The lowest BCUT2D eigenvalue weighted by Crippen LogP contribution is -2.03. The highest BCUT2D eigenvalue weighted by Crippen LogP contribution is 2.22. The Hall–Kier alpha value is -0.830. The molecule has 0 saturated heterocycles. The van der Waals surface area contributed by atoms with Crippen molar-refractivity contribution >= 4 is 21.9 Å². The van der Waals surface area contributed by atoms with Crippen LogP contribution in [0, 0.1) is 6.92 Å². The number of carboxylic acids is 1. The first-order valence-electron chi connectivity index (χ1n) is 3.54. The fourth-order valence-corrected chi connectivity index (χ4v) is 1.18. The number of carbonyl (C=O) groups is 1. The Kier molecular flexibility index (Phi) is 2.87. The van der Waals surface area contributed by atoms with Crippen LogP contribution in [0.3, 0.4) is 0 Å². The molecule has 0 spiro atoms. The molecule has 1 aromatic rings. The number of rotatable bonds is 2. The van der Waals surface area contributed by atoms with Crippen molar-refractivity contribution in [3.8, 4) is 0 Å². The van der Waals surface area contributed by atoms with E-state index in [1.807, 2.05) is 31.2 Å². The van der Waals surface area contributed by atoms with Crippen molar-refractivity contribution in [1.82, 2.24) is 0 Å². The quantitative estimate of drug-likeness (QED) is 0.791. The highest BCUT2D eigenvalue weighted by Gasteiger charge is 2.14. The molecule has 0 unspecified atom stereocenters. The van der Waals surface area contributed by atoms with E-state index in [1.165, 1.54) is 0 Å². The molecule has 2 nitrogen and oxygen atoms in total. The molecule has 1 rings (SSSR count). The van der Waals surface area contributed by atoms with E-state index in [-0.39, 0.29) is 0 Å². The minimum absolute atomic E-state index is 0.599. The largest absolute Gasteiger partial charge is 0.480 e. The summed E-state index contributed by atoms with van der Waals surface area (Å²) in [5, 5.41) is 8.66. The van der Waals surface area contributed by atoms with Crippen LogP contribution in [0.4, 0.5) is 0 Å². The first kappa shape index (κ1) is 9.26. The smallest absolute Gasteiger partial charge is 0.321 e. The van der Waals surface area contributed by atoms with Gasteiger partial charge < -0.3 is 5.11 Å². The van der Waals surface area contributed by atoms with Crippen molar-refractivity contribution in [2.24, 2.45) is 0 Å². The standard InChI is InChI=1S/C9H9BrO2/c1-6-2-4-7(5-3-6)8(10)9(11)12/h2-5,8H,1H3,(H,11,12)/t8-/m0/s1. The number of benzene rings is 1. The molecule has 1 N–H and O–H groups in total. The second-order valence-electron chi connectivity index (χ2n) is 2.61. The molecule has 0 radical (unpaired) electrons. The number of alkyl halides is 1. The Labute approximate surface area is 79.3 Å². The van der Waals surface area contributed by atoms with Crippen molar-refractivity contribution in [3.05, 3.63) is 35.4 Å². The molecule has 12 heavy (non-hydrogen) atoms. The molecule has 0 amide bonds. The molecule has 0 aromatic heterocycles. The van der Waals surface area contributed by atoms with Gasteiger partial charge in [0.05, 0.1) is 0 Å². The van der Waals surface area contributed by atoms with Gasteiger partial charge in [0.2, 0.25) is 0 Å². The first-order chi connectivity index (χ1) is 5.61. The predicted octanol–water partition coefficient (Wildman–Crippen LogP) is 2.52. The van der Waals surface area contributed by atoms with Gasteiger partial charge >= 0.3 is 5.97 Å². The van der Waals surface area contributed by atoms with Gasteiger partial charge in [-0.25, -0.2) is 0 Å². The van der Waals surface area contributed by atoms with Crippen molar-refractivity contribution in [1.29, 1.82) is 0 Å². The Morgan fingerprint density at radius 3 is 2.33 bits per heavy atom. The number of aryl methyl sites for hydroxylation is 1. The summed E-state index contributed by atoms with van der Waals surface area (Å²) in [6.07, 6.45) is 0. The Morgan fingerprint density at radius 1 is 1.42 bits per heavy atom. The van der Waals surface area contributed by atoms with Gasteiger partial charge in [-0.15, -0.1) is 0 Å². The van der Waals surface area contributed by atoms with E-state index >= 15 is 0 Å². The predicted molar refractivity (Wildman–Crippen MR) is 50.5 cm³/mol. The number of aliphatic carboxylic acids is 1. The zero-order chi connectivity index (χ0) is 9.14. The van der Waals surface area contributed by atoms with E-state index in [0.717, 1.165) is 11.1 Å². The summed E-state index contributed by atoms with van der Waals surface area (Å²) in [5.41, 5.74) is 1.90. The van der Waals surface area contributed by atoms with Crippen molar-refractivity contribution in [2.45, 2.75) is 11.8 Å². The van der Waals surface area contributed by atoms with Crippen LogP contribution in [0.25, 0.3) is 0 Å². The molecule has 64 valence electrons. The molecule has 0 aliphatic carbocycles. The van der Waals surface area contributed by atoms with Crippen molar-refractivity contribution in [3.63, 3.8) is 0 Å². The van der Waals surface area contributed by atoms with Crippen LogP contribution in [0.5, 0.6) is 0 Å². The third kappa shape index (κ3) is 2.08.